The molecule has 2 atom stereocenters. The smallest absolute Gasteiger partial charge is 0.201 e. The van der Waals surface area contributed by atoms with E-state index in [-0.39, 0.29) is 11.3 Å². The van der Waals surface area contributed by atoms with Gasteiger partial charge in [0.05, 0.1) is 12.7 Å². The number of ether oxygens (including phenoxy) is 2. The standard InChI is InChI=1S/C36H48F2O2/c1-3-5-6-7-25-8-22-33(40-24-25)31-19-15-29(16-20-31)27-11-9-26(10-12-27)28-13-17-30(18-14-28)32-21-23-34(39-4-2)36(38)35(32)37/h3,5,13-14,17-18,21,23,25-27,29,31,33H,4,6-12,15-16,19-20,22,24H2,1-2H3/b5-3+. The average molecular weight is 551 g/mol. The third-order valence-corrected chi connectivity index (χ3v) is 10.2. The molecule has 218 valence electrons. The number of hydrogen-bond donors (Lipinski definition) is 0. The van der Waals surface area contributed by atoms with E-state index >= 15 is 0 Å². The summed E-state index contributed by atoms with van der Waals surface area (Å²) in [5.74, 6) is 2.06. The van der Waals surface area contributed by atoms with Crippen LogP contribution in [0.25, 0.3) is 11.1 Å². The summed E-state index contributed by atoms with van der Waals surface area (Å²) in [5, 5.41) is 0. The second-order valence-electron chi connectivity index (χ2n) is 12.5. The quantitative estimate of drug-likeness (QED) is 0.289. The number of rotatable bonds is 9. The molecule has 5 rings (SSSR count). The highest BCUT2D eigenvalue weighted by Gasteiger charge is 2.35. The minimum atomic E-state index is -0.911. The highest BCUT2D eigenvalue weighted by Crippen LogP contribution is 2.45. The Hall–Kier alpha value is -2.20. The van der Waals surface area contributed by atoms with Crippen LogP contribution in [0.1, 0.15) is 102 Å². The van der Waals surface area contributed by atoms with Gasteiger partial charge in [-0.15, -0.1) is 0 Å². The fourth-order valence-corrected chi connectivity index (χ4v) is 7.79. The fourth-order valence-electron chi connectivity index (χ4n) is 7.79. The lowest BCUT2D eigenvalue weighted by atomic mass is 9.67. The lowest BCUT2D eigenvalue weighted by Gasteiger charge is -2.41. The van der Waals surface area contributed by atoms with Crippen LogP contribution < -0.4 is 4.74 Å². The molecule has 0 aromatic heterocycles. The summed E-state index contributed by atoms with van der Waals surface area (Å²) < 4.78 is 40.6. The zero-order chi connectivity index (χ0) is 27.9. The minimum absolute atomic E-state index is 0.0303. The summed E-state index contributed by atoms with van der Waals surface area (Å²) in [6, 6.07) is 11.3. The maximum absolute atomic E-state index is 14.7. The average Bonchev–Trinajstić information content (AvgIpc) is 3.01. The lowest BCUT2D eigenvalue weighted by molar-refractivity contribution is -0.0614. The van der Waals surface area contributed by atoms with Crippen LogP contribution in [0.15, 0.2) is 48.6 Å². The van der Waals surface area contributed by atoms with Gasteiger partial charge in [-0.2, -0.15) is 4.39 Å². The van der Waals surface area contributed by atoms with Crippen LogP contribution in [-0.2, 0) is 4.74 Å². The van der Waals surface area contributed by atoms with Crippen LogP contribution in [-0.4, -0.2) is 19.3 Å². The molecule has 0 bridgehead atoms. The molecule has 2 nitrogen and oxygen atoms in total. The van der Waals surface area contributed by atoms with Crippen molar-refractivity contribution >= 4 is 0 Å². The van der Waals surface area contributed by atoms with Crippen molar-refractivity contribution in [1.29, 1.82) is 0 Å². The van der Waals surface area contributed by atoms with Crippen LogP contribution in [0.3, 0.4) is 0 Å². The largest absolute Gasteiger partial charge is 0.491 e. The van der Waals surface area contributed by atoms with Crippen LogP contribution >= 0.6 is 0 Å². The number of allylic oxidation sites excluding steroid dienone is 2. The first-order chi connectivity index (χ1) is 19.6. The molecule has 1 heterocycles. The van der Waals surface area contributed by atoms with Crippen molar-refractivity contribution in [3.05, 3.63) is 65.7 Å². The summed E-state index contributed by atoms with van der Waals surface area (Å²) in [4.78, 5) is 0. The summed E-state index contributed by atoms with van der Waals surface area (Å²) in [6.45, 7) is 5.15. The molecule has 2 aliphatic carbocycles. The van der Waals surface area contributed by atoms with Crippen molar-refractivity contribution in [2.24, 2.45) is 23.7 Å². The Labute approximate surface area is 240 Å². The van der Waals surface area contributed by atoms with Gasteiger partial charge in [0.15, 0.2) is 11.6 Å². The fraction of sp³-hybridized carbons (Fsp3) is 0.611. The molecule has 2 saturated carbocycles. The van der Waals surface area contributed by atoms with Gasteiger partial charge in [0, 0.05) is 12.2 Å². The van der Waals surface area contributed by atoms with Crippen molar-refractivity contribution in [2.75, 3.05) is 13.2 Å². The first-order valence-corrected chi connectivity index (χ1v) is 16.0. The second kappa shape index (κ2) is 14.1. The Balaban J connectivity index is 1.07. The topological polar surface area (TPSA) is 18.5 Å². The van der Waals surface area contributed by atoms with Gasteiger partial charge < -0.3 is 9.47 Å². The summed E-state index contributed by atoms with van der Waals surface area (Å²) in [6.07, 6.45) is 20.6. The monoisotopic (exact) mass is 550 g/mol. The zero-order valence-corrected chi connectivity index (χ0v) is 24.6. The van der Waals surface area contributed by atoms with Crippen molar-refractivity contribution in [1.82, 2.24) is 0 Å². The maximum Gasteiger partial charge on any atom is 0.201 e. The molecule has 0 amide bonds. The van der Waals surface area contributed by atoms with E-state index in [2.05, 4.69) is 31.2 Å². The molecule has 0 N–H and O–H groups in total. The van der Waals surface area contributed by atoms with Crippen LogP contribution in [0.4, 0.5) is 8.78 Å². The molecule has 2 aromatic rings. The molecule has 0 spiro atoms. The van der Waals surface area contributed by atoms with E-state index in [4.69, 9.17) is 9.47 Å². The SMILES string of the molecule is C/C=C/CCC1CCC(C2CCC(C3CCC(c4ccc(-c5ccc(OCC)c(F)c5F)cc4)CC3)CC2)OC1. The van der Waals surface area contributed by atoms with Crippen molar-refractivity contribution < 1.29 is 18.3 Å². The predicted molar refractivity (Wildman–Crippen MR) is 160 cm³/mol. The first-order valence-electron chi connectivity index (χ1n) is 16.0. The lowest BCUT2D eigenvalue weighted by Crippen LogP contribution is -2.35. The Kier molecular flexibility index (Phi) is 10.3. The van der Waals surface area contributed by atoms with Crippen molar-refractivity contribution in [2.45, 2.75) is 103 Å². The Morgan fingerprint density at radius 3 is 2.10 bits per heavy atom. The third-order valence-electron chi connectivity index (χ3n) is 10.2. The Bertz CT molecular complexity index is 1090. The van der Waals surface area contributed by atoms with Crippen LogP contribution in [0.2, 0.25) is 0 Å². The van der Waals surface area contributed by atoms with E-state index in [0.717, 1.165) is 30.3 Å². The number of hydrogen-bond acceptors (Lipinski definition) is 2. The Morgan fingerprint density at radius 1 is 0.800 bits per heavy atom. The Morgan fingerprint density at radius 2 is 1.48 bits per heavy atom. The third kappa shape index (κ3) is 6.98. The van der Waals surface area contributed by atoms with E-state index in [1.54, 1.807) is 13.0 Å². The molecule has 1 aliphatic heterocycles. The summed E-state index contributed by atoms with van der Waals surface area (Å²) in [7, 11) is 0. The van der Waals surface area contributed by atoms with Gasteiger partial charge >= 0.3 is 0 Å². The summed E-state index contributed by atoms with van der Waals surface area (Å²) in [5.41, 5.74) is 2.32. The molecule has 2 unspecified atom stereocenters. The molecule has 4 heteroatoms. The van der Waals surface area contributed by atoms with Crippen LogP contribution in [0, 0.1) is 35.3 Å². The van der Waals surface area contributed by atoms with Crippen molar-refractivity contribution in [3.8, 4) is 16.9 Å². The van der Waals surface area contributed by atoms with Gasteiger partial charge in [0.1, 0.15) is 0 Å². The first kappa shape index (κ1) is 29.3. The molecule has 3 aliphatic rings. The van der Waals surface area contributed by atoms with Gasteiger partial charge in [-0.3, -0.25) is 0 Å². The van der Waals surface area contributed by atoms with Gasteiger partial charge in [-0.25, -0.2) is 4.39 Å². The molecule has 2 aromatic carbocycles. The molecule has 3 fully saturated rings. The van der Waals surface area contributed by atoms with Gasteiger partial charge in [-0.1, -0.05) is 36.4 Å². The van der Waals surface area contributed by atoms with Gasteiger partial charge in [0.25, 0.3) is 0 Å². The molecular weight excluding hydrogens is 502 g/mol. The predicted octanol–water partition coefficient (Wildman–Crippen LogP) is 10.3. The van der Waals surface area contributed by atoms with Gasteiger partial charge in [0.2, 0.25) is 5.82 Å². The molecule has 0 radical (unpaired) electrons. The highest BCUT2D eigenvalue weighted by atomic mass is 19.2. The van der Waals surface area contributed by atoms with E-state index < -0.39 is 11.6 Å². The van der Waals surface area contributed by atoms with E-state index in [1.807, 2.05) is 12.1 Å². The van der Waals surface area contributed by atoms with E-state index in [1.165, 1.54) is 88.7 Å². The van der Waals surface area contributed by atoms with E-state index in [0.29, 0.717) is 24.2 Å². The number of benzene rings is 2. The zero-order valence-electron chi connectivity index (χ0n) is 24.6. The molecular formula is C36H48F2O2. The number of halogens is 2. The second-order valence-corrected chi connectivity index (χ2v) is 12.5. The minimum Gasteiger partial charge on any atom is -0.491 e. The normalized spacial score (nSPS) is 29.5. The summed E-state index contributed by atoms with van der Waals surface area (Å²) >= 11 is 0. The molecule has 1 saturated heterocycles. The van der Waals surface area contributed by atoms with Crippen LogP contribution in [0.5, 0.6) is 5.75 Å². The van der Waals surface area contributed by atoms with Crippen molar-refractivity contribution in [3.63, 3.8) is 0 Å². The maximum atomic E-state index is 14.7. The van der Waals surface area contributed by atoms with E-state index in [9.17, 15) is 8.78 Å². The molecule has 40 heavy (non-hydrogen) atoms. The highest BCUT2D eigenvalue weighted by molar-refractivity contribution is 5.65. The van der Waals surface area contributed by atoms with Gasteiger partial charge in [-0.05, 0) is 144 Å².